The van der Waals surface area contributed by atoms with Crippen LogP contribution in [0.3, 0.4) is 0 Å². The molecule has 0 amide bonds. The number of rotatable bonds is 1. The molecule has 0 fully saturated rings. The molecule has 13 heavy (non-hydrogen) atoms. The van der Waals surface area contributed by atoms with Crippen LogP contribution < -0.4 is 0 Å². The van der Waals surface area contributed by atoms with E-state index < -0.39 is 11.9 Å². The highest BCUT2D eigenvalue weighted by Gasteiger charge is 2.33. The van der Waals surface area contributed by atoms with Gasteiger partial charge in [-0.05, 0) is 0 Å². The van der Waals surface area contributed by atoms with E-state index in [0.29, 0.717) is 6.07 Å². The lowest BCUT2D eigenvalue weighted by Crippen LogP contribution is -2.10. The summed E-state index contributed by atoms with van der Waals surface area (Å²) in [6.07, 6.45) is -4.52. The summed E-state index contributed by atoms with van der Waals surface area (Å²) in [6.45, 7) is 0. The van der Waals surface area contributed by atoms with E-state index in [1.807, 2.05) is 0 Å². The van der Waals surface area contributed by atoms with Crippen molar-refractivity contribution >= 4 is 23.2 Å². The molecule has 0 atom stereocenters. The highest BCUT2D eigenvalue weighted by atomic mass is 35.5. The van der Waals surface area contributed by atoms with Crippen LogP contribution >= 0.6 is 23.2 Å². The summed E-state index contributed by atoms with van der Waals surface area (Å²) in [7, 11) is 0. The second kappa shape index (κ2) is 3.67. The quantitative estimate of drug-likeness (QED) is 0.548. The number of nitrogens with zero attached hydrogens (tertiary/aromatic N) is 2. The average molecular weight is 231 g/mol. The van der Waals surface area contributed by atoms with Crippen LogP contribution in [0, 0.1) is 0 Å². The molecule has 0 unspecified atom stereocenters. The Bertz CT molecular complexity index is 313. The Balaban J connectivity index is 3.16. The van der Waals surface area contributed by atoms with Gasteiger partial charge in [-0.15, -0.1) is 11.6 Å². The second-order valence-corrected chi connectivity index (χ2v) is 2.78. The first-order valence-electron chi connectivity index (χ1n) is 3.10. The molecule has 1 rings (SSSR count). The first kappa shape index (κ1) is 10.5. The van der Waals surface area contributed by atoms with Crippen molar-refractivity contribution < 1.29 is 13.2 Å². The Morgan fingerprint density at radius 3 is 2.38 bits per heavy atom. The molecule has 0 aromatic carbocycles. The number of alkyl halides is 4. The molecule has 0 aliphatic carbocycles. The molecular formula is C6H3Cl2F3N2. The van der Waals surface area contributed by atoms with Crippen LogP contribution in [0.2, 0.25) is 5.15 Å². The summed E-state index contributed by atoms with van der Waals surface area (Å²) in [5, 5.41) is -0.266. The van der Waals surface area contributed by atoms with Crippen LogP contribution in [0.5, 0.6) is 0 Å². The third-order valence-electron chi connectivity index (χ3n) is 1.15. The summed E-state index contributed by atoms with van der Waals surface area (Å²) in [6, 6.07) is 0.650. The zero-order chi connectivity index (χ0) is 10.1. The molecule has 1 heterocycles. The van der Waals surface area contributed by atoms with E-state index in [0.717, 1.165) is 0 Å². The Morgan fingerprint density at radius 2 is 1.92 bits per heavy atom. The molecule has 0 bridgehead atoms. The highest BCUT2D eigenvalue weighted by Crippen LogP contribution is 2.28. The van der Waals surface area contributed by atoms with E-state index >= 15 is 0 Å². The van der Waals surface area contributed by atoms with E-state index in [1.165, 1.54) is 0 Å². The zero-order valence-corrected chi connectivity index (χ0v) is 7.58. The summed E-state index contributed by atoms with van der Waals surface area (Å²) in [5.41, 5.74) is -1.08. The first-order chi connectivity index (χ1) is 5.93. The molecule has 0 aliphatic rings. The maximum atomic E-state index is 12.1. The van der Waals surface area contributed by atoms with Gasteiger partial charge >= 0.3 is 6.18 Å². The van der Waals surface area contributed by atoms with Crippen LogP contribution in [-0.2, 0) is 12.1 Å². The lowest BCUT2D eigenvalue weighted by atomic mass is 10.4. The topological polar surface area (TPSA) is 25.8 Å². The maximum absolute atomic E-state index is 12.1. The zero-order valence-electron chi connectivity index (χ0n) is 6.07. The molecule has 1 aromatic rings. The molecule has 0 N–H and O–H groups in total. The Kier molecular flexibility index (Phi) is 2.98. The standard InChI is InChI=1S/C6H3Cl2F3N2/c7-2-5-12-3(6(9,10)11)1-4(8)13-5/h1H,2H2. The van der Waals surface area contributed by atoms with Gasteiger partial charge in [0.05, 0.1) is 5.88 Å². The van der Waals surface area contributed by atoms with Gasteiger partial charge in [0.25, 0.3) is 0 Å². The third-order valence-corrected chi connectivity index (χ3v) is 1.58. The Labute approximate surface area is 81.7 Å². The number of hydrogen-bond donors (Lipinski definition) is 0. The molecule has 0 radical (unpaired) electrons. The fourth-order valence-electron chi connectivity index (χ4n) is 0.670. The molecule has 1 aromatic heterocycles. The number of hydrogen-bond acceptors (Lipinski definition) is 2. The minimum atomic E-state index is -4.52. The highest BCUT2D eigenvalue weighted by molar-refractivity contribution is 6.29. The summed E-state index contributed by atoms with van der Waals surface area (Å²) in [5.74, 6) is -0.342. The van der Waals surface area contributed by atoms with E-state index in [2.05, 4.69) is 9.97 Å². The second-order valence-electron chi connectivity index (χ2n) is 2.12. The van der Waals surface area contributed by atoms with Crippen LogP contribution in [0.25, 0.3) is 0 Å². The number of halogens is 5. The third kappa shape index (κ3) is 2.70. The minimum absolute atomic E-state index is 0.138. The molecule has 7 heteroatoms. The molecule has 0 spiro atoms. The van der Waals surface area contributed by atoms with Crippen molar-refractivity contribution in [1.82, 2.24) is 9.97 Å². The van der Waals surface area contributed by atoms with Crippen molar-refractivity contribution in [3.05, 3.63) is 22.7 Å². The fourth-order valence-corrected chi connectivity index (χ4v) is 0.990. The number of aromatic nitrogens is 2. The molecular weight excluding hydrogens is 228 g/mol. The van der Waals surface area contributed by atoms with Crippen molar-refractivity contribution in [1.29, 1.82) is 0 Å². The van der Waals surface area contributed by atoms with Crippen molar-refractivity contribution in [3.63, 3.8) is 0 Å². The van der Waals surface area contributed by atoms with E-state index in [9.17, 15) is 13.2 Å². The van der Waals surface area contributed by atoms with Crippen molar-refractivity contribution in [3.8, 4) is 0 Å². The molecule has 0 aliphatic heterocycles. The van der Waals surface area contributed by atoms with Gasteiger partial charge < -0.3 is 0 Å². The van der Waals surface area contributed by atoms with Gasteiger partial charge in [-0.3, -0.25) is 0 Å². The van der Waals surface area contributed by atoms with Crippen LogP contribution in [0.1, 0.15) is 11.5 Å². The minimum Gasteiger partial charge on any atom is -0.227 e. The lowest BCUT2D eigenvalue weighted by molar-refractivity contribution is -0.141. The first-order valence-corrected chi connectivity index (χ1v) is 4.01. The average Bonchev–Trinajstić information content (AvgIpc) is 2.01. The summed E-state index contributed by atoms with van der Waals surface area (Å²) >= 11 is 10.6. The van der Waals surface area contributed by atoms with Gasteiger partial charge in [-0.1, -0.05) is 11.6 Å². The SMILES string of the molecule is FC(F)(F)c1cc(Cl)nc(CCl)n1. The van der Waals surface area contributed by atoms with Crippen LogP contribution in [0.4, 0.5) is 13.2 Å². The van der Waals surface area contributed by atoms with Gasteiger partial charge in [0.2, 0.25) is 0 Å². The van der Waals surface area contributed by atoms with Gasteiger partial charge in [0.1, 0.15) is 16.7 Å². The predicted octanol–water partition coefficient (Wildman–Crippen LogP) is 2.89. The predicted molar refractivity (Wildman–Crippen MR) is 41.6 cm³/mol. The lowest BCUT2D eigenvalue weighted by Gasteiger charge is -2.06. The summed E-state index contributed by atoms with van der Waals surface area (Å²) < 4.78 is 36.3. The molecule has 0 saturated heterocycles. The maximum Gasteiger partial charge on any atom is 0.433 e. The molecule has 0 saturated carbocycles. The van der Waals surface area contributed by atoms with Gasteiger partial charge in [0, 0.05) is 6.07 Å². The normalized spacial score (nSPS) is 11.8. The van der Waals surface area contributed by atoms with Crippen LogP contribution in [0.15, 0.2) is 6.07 Å². The smallest absolute Gasteiger partial charge is 0.227 e. The Morgan fingerprint density at radius 1 is 1.31 bits per heavy atom. The van der Waals surface area contributed by atoms with Gasteiger partial charge in [-0.25, -0.2) is 9.97 Å². The van der Waals surface area contributed by atoms with Crippen LogP contribution in [-0.4, -0.2) is 9.97 Å². The van der Waals surface area contributed by atoms with Crippen molar-refractivity contribution in [2.45, 2.75) is 12.1 Å². The summed E-state index contributed by atoms with van der Waals surface area (Å²) in [4.78, 5) is 6.66. The molecule has 2 nitrogen and oxygen atoms in total. The monoisotopic (exact) mass is 230 g/mol. The van der Waals surface area contributed by atoms with Gasteiger partial charge in [-0.2, -0.15) is 13.2 Å². The van der Waals surface area contributed by atoms with Gasteiger partial charge in [0.15, 0.2) is 0 Å². The Hall–Kier alpha value is -0.550. The van der Waals surface area contributed by atoms with Crippen molar-refractivity contribution in [2.24, 2.45) is 0 Å². The molecule has 72 valence electrons. The fraction of sp³-hybridized carbons (Fsp3) is 0.333. The van der Waals surface area contributed by atoms with Crippen molar-refractivity contribution in [2.75, 3.05) is 0 Å². The van der Waals surface area contributed by atoms with E-state index in [4.69, 9.17) is 23.2 Å². The largest absolute Gasteiger partial charge is 0.433 e. The van der Waals surface area contributed by atoms with E-state index in [1.54, 1.807) is 0 Å². The van der Waals surface area contributed by atoms with E-state index in [-0.39, 0.29) is 16.9 Å².